The summed E-state index contributed by atoms with van der Waals surface area (Å²) in [6.45, 7) is 5.11. The van der Waals surface area contributed by atoms with Gasteiger partial charge >= 0.3 is 0 Å². The van der Waals surface area contributed by atoms with Crippen molar-refractivity contribution in [2.45, 2.75) is 30.9 Å². The molecule has 0 aliphatic rings. The number of thiophene rings is 1. The summed E-state index contributed by atoms with van der Waals surface area (Å²) in [4.78, 5) is 0.826. The molecule has 0 saturated heterocycles. The molecule has 0 bridgehead atoms. The molecule has 1 heterocycles. The summed E-state index contributed by atoms with van der Waals surface area (Å²) in [5.74, 6) is -0.0894. The van der Waals surface area contributed by atoms with E-state index in [-0.39, 0.29) is 17.2 Å². The number of sulfone groups is 1. The number of hydrogen-bond donors (Lipinski definition) is 1. The van der Waals surface area contributed by atoms with Gasteiger partial charge in [0.15, 0.2) is 9.84 Å². The van der Waals surface area contributed by atoms with Crippen LogP contribution in [-0.4, -0.2) is 29.1 Å². The first kappa shape index (κ1) is 19.1. The maximum absolute atomic E-state index is 13.1. The molecule has 132 valence electrons. The van der Waals surface area contributed by atoms with Crippen molar-refractivity contribution in [3.8, 4) is 0 Å². The van der Waals surface area contributed by atoms with E-state index in [0.29, 0.717) is 4.88 Å². The summed E-state index contributed by atoms with van der Waals surface area (Å²) in [5.41, 5.74) is 1.89. The largest absolute Gasteiger partial charge is 0.223 e. The number of sulfonamides is 1. The summed E-state index contributed by atoms with van der Waals surface area (Å²) in [7, 11) is -7.18. The Kier molecular flexibility index (Phi) is 5.85. The average molecular weight is 388 g/mol. The van der Waals surface area contributed by atoms with Crippen molar-refractivity contribution in [3.63, 3.8) is 0 Å². The van der Waals surface area contributed by atoms with Gasteiger partial charge in [0.25, 0.3) is 0 Å². The van der Waals surface area contributed by atoms with Crippen molar-refractivity contribution in [1.29, 1.82) is 0 Å². The van der Waals surface area contributed by atoms with Gasteiger partial charge < -0.3 is 0 Å². The van der Waals surface area contributed by atoms with Crippen molar-refractivity contribution >= 4 is 31.2 Å². The number of nitrogens with one attached hydrogen (secondary N) is 1. The lowest BCUT2D eigenvalue weighted by Crippen LogP contribution is -2.32. The van der Waals surface area contributed by atoms with Gasteiger partial charge in [-0.2, -0.15) is 0 Å². The molecule has 5 nitrogen and oxygen atoms in total. The van der Waals surface area contributed by atoms with Crippen molar-refractivity contribution in [1.82, 2.24) is 4.72 Å². The van der Waals surface area contributed by atoms with E-state index in [4.69, 9.17) is 0 Å². The Bertz CT molecular complexity index is 901. The average Bonchev–Trinajstić information content (AvgIpc) is 3.03. The van der Waals surface area contributed by atoms with E-state index >= 15 is 0 Å². The molecule has 1 atom stereocenters. The minimum Gasteiger partial charge on any atom is -0.223 e. The van der Waals surface area contributed by atoms with Gasteiger partial charge in [-0.05, 0) is 55.5 Å². The first-order valence-electron chi connectivity index (χ1n) is 7.49. The lowest BCUT2D eigenvalue weighted by Gasteiger charge is -2.18. The molecule has 1 N–H and O–H groups in total. The molecule has 8 heteroatoms. The van der Waals surface area contributed by atoms with E-state index in [1.807, 2.05) is 13.8 Å². The quantitative estimate of drug-likeness (QED) is 0.792. The van der Waals surface area contributed by atoms with E-state index in [2.05, 4.69) is 4.72 Å². The predicted octanol–water partition coefficient (Wildman–Crippen LogP) is 2.82. The van der Waals surface area contributed by atoms with Crippen LogP contribution in [0.2, 0.25) is 0 Å². The molecular weight excluding hydrogens is 366 g/mol. The van der Waals surface area contributed by atoms with Crippen LogP contribution in [-0.2, 0) is 19.9 Å². The maximum atomic E-state index is 13.1. The molecule has 2 rings (SSSR count). The zero-order valence-corrected chi connectivity index (χ0v) is 16.3. The molecule has 2 aromatic rings. The Balaban J connectivity index is 2.44. The molecular formula is C16H21NO4S3. The second kappa shape index (κ2) is 7.35. The van der Waals surface area contributed by atoms with E-state index in [1.54, 1.807) is 35.7 Å². The van der Waals surface area contributed by atoms with Gasteiger partial charge in [-0.25, -0.2) is 21.6 Å². The fourth-order valence-corrected chi connectivity index (χ4v) is 5.80. The third-order valence-corrected chi connectivity index (χ3v) is 8.49. The molecule has 1 aromatic heterocycles. The minimum atomic E-state index is -3.71. The molecule has 1 aromatic carbocycles. The third-order valence-electron chi connectivity index (χ3n) is 3.91. The Morgan fingerprint density at radius 1 is 1.08 bits per heavy atom. The predicted molar refractivity (Wildman–Crippen MR) is 97.6 cm³/mol. The molecule has 0 amide bonds. The number of rotatable bonds is 7. The minimum absolute atomic E-state index is 0.0894. The van der Waals surface area contributed by atoms with Gasteiger partial charge in [-0.3, -0.25) is 0 Å². The number of hydrogen-bond acceptors (Lipinski definition) is 5. The van der Waals surface area contributed by atoms with E-state index in [9.17, 15) is 16.8 Å². The van der Waals surface area contributed by atoms with Crippen LogP contribution < -0.4 is 4.72 Å². The first-order valence-corrected chi connectivity index (χ1v) is 11.6. The highest BCUT2D eigenvalue weighted by molar-refractivity contribution is 7.92. The molecule has 0 aliphatic heterocycles. The summed E-state index contributed by atoms with van der Waals surface area (Å²) in [6, 6.07) is 8.46. The lowest BCUT2D eigenvalue weighted by molar-refractivity contribution is 0.570. The van der Waals surface area contributed by atoms with Crippen molar-refractivity contribution in [2.75, 3.05) is 12.3 Å². The van der Waals surface area contributed by atoms with Gasteiger partial charge in [-0.1, -0.05) is 12.1 Å². The number of aryl methyl sites for hydroxylation is 2. The van der Waals surface area contributed by atoms with Crippen LogP contribution in [0.3, 0.4) is 0 Å². The Morgan fingerprint density at radius 2 is 1.79 bits per heavy atom. The normalized spacial score (nSPS) is 13.8. The van der Waals surface area contributed by atoms with Crippen molar-refractivity contribution in [2.24, 2.45) is 0 Å². The highest BCUT2D eigenvalue weighted by Gasteiger charge is 2.31. The monoisotopic (exact) mass is 387 g/mol. The van der Waals surface area contributed by atoms with Crippen LogP contribution >= 0.6 is 11.3 Å². The summed E-state index contributed by atoms with van der Waals surface area (Å²) < 4.78 is 52.0. The Hall–Kier alpha value is -1.22. The topological polar surface area (TPSA) is 80.3 Å². The smallest absolute Gasteiger partial charge is 0.211 e. The molecule has 0 radical (unpaired) electrons. The Labute approximate surface area is 147 Å². The zero-order chi connectivity index (χ0) is 18.0. The summed E-state index contributed by atoms with van der Waals surface area (Å²) in [6.07, 6.45) is 0. The molecule has 0 unspecified atom stereocenters. The molecule has 0 aliphatic carbocycles. The van der Waals surface area contributed by atoms with E-state index in [1.165, 1.54) is 18.3 Å². The third kappa shape index (κ3) is 4.24. The molecule has 24 heavy (non-hydrogen) atoms. The van der Waals surface area contributed by atoms with Crippen LogP contribution in [0.4, 0.5) is 0 Å². The van der Waals surface area contributed by atoms with Crippen LogP contribution in [0, 0.1) is 13.8 Å². The van der Waals surface area contributed by atoms with Gasteiger partial charge in [-0.15, -0.1) is 11.3 Å². The lowest BCUT2D eigenvalue weighted by atomic mass is 10.1. The highest BCUT2D eigenvalue weighted by atomic mass is 32.2. The standard InChI is InChI=1S/C16H21NO4S3/c1-4-23(18,19)17-11-16(15-6-5-9-22-15)24(20,21)14-8-7-12(2)13(3)10-14/h5-10,16-17H,4,11H2,1-3H3/t16-/m1/s1. The van der Waals surface area contributed by atoms with Gasteiger partial charge in [0, 0.05) is 11.4 Å². The molecule has 0 spiro atoms. The number of benzene rings is 1. The Morgan fingerprint density at radius 3 is 2.33 bits per heavy atom. The van der Waals surface area contributed by atoms with E-state index in [0.717, 1.165) is 11.1 Å². The van der Waals surface area contributed by atoms with E-state index < -0.39 is 25.1 Å². The highest BCUT2D eigenvalue weighted by Crippen LogP contribution is 2.32. The van der Waals surface area contributed by atoms with Crippen LogP contribution in [0.1, 0.15) is 28.2 Å². The van der Waals surface area contributed by atoms with Gasteiger partial charge in [0.1, 0.15) is 5.25 Å². The van der Waals surface area contributed by atoms with Crippen molar-refractivity contribution in [3.05, 3.63) is 51.7 Å². The molecule has 0 saturated carbocycles. The second-order valence-electron chi connectivity index (χ2n) is 5.55. The zero-order valence-electron chi connectivity index (χ0n) is 13.8. The van der Waals surface area contributed by atoms with Gasteiger partial charge in [0.05, 0.1) is 10.6 Å². The van der Waals surface area contributed by atoms with Crippen LogP contribution in [0.5, 0.6) is 0 Å². The molecule has 0 fully saturated rings. The van der Waals surface area contributed by atoms with Crippen molar-refractivity contribution < 1.29 is 16.8 Å². The fourth-order valence-electron chi connectivity index (χ4n) is 2.20. The van der Waals surface area contributed by atoms with Crippen LogP contribution in [0.25, 0.3) is 0 Å². The summed E-state index contributed by atoms with van der Waals surface area (Å²) >= 11 is 1.30. The van der Waals surface area contributed by atoms with Gasteiger partial charge in [0.2, 0.25) is 10.0 Å². The van der Waals surface area contributed by atoms with Crippen LogP contribution in [0.15, 0.2) is 40.6 Å². The summed E-state index contributed by atoms with van der Waals surface area (Å²) in [5, 5.41) is 0.841. The maximum Gasteiger partial charge on any atom is 0.211 e. The second-order valence-corrected chi connectivity index (χ2v) is 10.8. The SMILES string of the molecule is CCS(=O)(=O)NC[C@H](c1cccs1)S(=O)(=O)c1ccc(C)c(C)c1. The first-order chi connectivity index (χ1) is 11.2. The fraction of sp³-hybridized carbons (Fsp3) is 0.375.